The monoisotopic (exact) mass is 294 g/mol. The molecule has 1 aromatic rings. The van der Waals surface area contributed by atoms with Crippen LogP contribution in [-0.4, -0.2) is 50.9 Å². The highest BCUT2D eigenvalue weighted by Crippen LogP contribution is 2.18. The lowest BCUT2D eigenvalue weighted by Crippen LogP contribution is -2.47. The average Bonchev–Trinajstić information content (AvgIpc) is 2.94. The summed E-state index contributed by atoms with van der Waals surface area (Å²) in [5, 5.41) is 16.8. The smallest absolute Gasteiger partial charge is 0.242 e. The number of nitrogens with one attached hydrogen (secondary N) is 1. The van der Waals surface area contributed by atoms with Crippen LogP contribution in [0.15, 0.2) is 12.3 Å². The Hall–Kier alpha value is -1.40. The van der Waals surface area contributed by atoms with E-state index in [-0.39, 0.29) is 24.1 Å². The van der Waals surface area contributed by atoms with Crippen LogP contribution in [-0.2, 0) is 4.79 Å². The second kappa shape index (κ2) is 7.04. The average molecular weight is 294 g/mol. The van der Waals surface area contributed by atoms with Gasteiger partial charge in [-0.1, -0.05) is 6.92 Å². The molecule has 2 rings (SSSR count). The van der Waals surface area contributed by atoms with Gasteiger partial charge in [0.15, 0.2) is 0 Å². The van der Waals surface area contributed by atoms with E-state index < -0.39 is 0 Å². The molecule has 2 N–H and O–H groups in total. The Kier molecular flexibility index (Phi) is 5.36. The minimum atomic E-state index is -0.219. The van der Waals surface area contributed by atoms with Crippen molar-refractivity contribution in [3.05, 3.63) is 12.3 Å². The van der Waals surface area contributed by atoms with Crippen LogP contribution in [0.1, 0.15) is 46.1 Å². The molecule has 0 bridgehead atoms. The normalized spacial score (nSPS) is 20.2. The molecule has 21 heavy (non-hydrogen) atoms. The van der Waals surface area contributed by atoms with E-state index in [0.717, 1.165) is 38.2 Å². The Morgan fingerprint density at radius 2 is 2.14 bits per heavy atom. The van der Waals surface area contributed by atoms with Crippen LogP contribution in [0.5, 0.6) is 0 Å². The fourth-order valence-electron chi connectivity index (χ4n) is 2.61. The van der Waals surface area contributed by atoms with Gasteiger partial charge in [-0.2, -0.15) is 5.10 Å². The van der Waals surface area contributed by atoms with Gasteiger partial charge in [-0.25, -0.2) is 4.68 Å². The highest BCUT2D eigenvalue weighted by molar-refractivity contribution is 5.93. The fourth-order valence-corrected chi connectivity index (χ4v) is 2.61. The van der Waals surface area contributed by atoms with E-state index in [9.17, 15) is 9.90 Å². The number of likely N-dealkylation sites (tertiary alicyclic amines) is 1. The van der Waals surface area contributed by atoms with Gasteiger partial charge in [-0.05, 0) is 33.1 Å². The third-order valence-corrected chi connectivity index (χ3v) is 4.36. The van der Waals surface area contributed by atoms with E-state index in [1.807, 2.05) is 17.7 Å². The lowest BCUT2D eigenvalue weighted by atomic mass is 10.1. The van der Waals surface area contributed by atoms with E-state index >= 15 is 0 Å². The summed E-state index contributed by atoms with van der Waals surface area (Å²) in [6.07, 6.45) is 3.93. The van der Waals surface area contributed by atoms with E-state index in [4.69, 9.17) is 0 Å². The quantitative estimate of drug-likeness (QED) is 0.866. The van der Waals surface area contributed by atoms with Crippen molar-refractivity contribution in [2.75, 3.05) is 18.4 Å². The van der Waals surface area contributed by atoms with Crippen LogP contribution in [0.3, 0.4) is 0 Å². The van der Waals surface area contributed by atoms with E-state index in [2.05, 4.69) is 29.2 Å². The number of aliphatic hydroxyl groups is 1. The molecule has 1 fully saturated rings. The maximum atomic E-state index is 12.4. The summed E-state index contributed by atoms with van der Waals surface area (Å²) in [5.74, 6) is 0.731. The van der Waals surface area contributed by atoms with Crippen molar-refractivity contribution >= 4 is 11.7 Å². The number of amides is 1. The molecule has 6 heteroatoms. The number of hydrogen-bond acceptors (Lipinski definition) is 4. The molecular formula is C15H26N4O2. The molecule has 2 atom stereocenters. The largest absolute Gasteiger partial charge is 0.393 e. The molecule has 1 aliphatic heterocycles. The van der Waals surface area contributed by atoms with Gasteiger partial charge in [0.05, 0.1) is 24.4 Å². The molecule has 1 saturated heterocycles. The number of carbonyl (C=O) groups is 1. The van der Waals surface area contributed by atoms with Gasteiger partial charge in [-0.3, -0.25) is 9.69 Å². The van der Waals surface area contributed by atoms with Gasteiger partial charge in [-0.15, -0.1) is 0 Å². The van der Waals surface area contributed by atoms with Crippen LogP contribution in [0.25, 0.3) is 0 Å². The fraction of sp³-hybridized carbons (Fsp3) is 0.733. The topological polar surface area (TPSA) is 70.4 Å². The summed E-state index contributed by atoms with van der Waals surface area (Å²) in [6, 6.07) is 1.89. The number of hydrogen-bond donors (Lipinski definition) is 2. The summed E-state index contributed by atoms with van der Waals surface area (Å²) < 4.78 is 1.85. The number of nitrogens with zero attached hydrogens (tertiary/aromatic N) is 3. The van der Waals surface area contributed by atoms with Crippen molar-refractivity contribution in [3.8, 4) is 0 Å². The number of anilines is 1. The lowest BCUT2D eigenvalue weighted by molar-refractivity contribution is -0.121. The van der Waals surface area contributed by atoms with Crippen LogP contribution in [0.4, 0.5) is 5.82 Å². The molecule has 0 saturated carbocycles. The molecule has 1 aromatic heterocycles. The van der Waals surface area contributed by atoms with E-state index in [1.54, 1.807) is 6.20 Å². The number of aliphatic hydroxyl groups excluding tert-OH is 1. The van der Waals surface area contributed by atoms with Gasteiger partial charge in [0.2, 0.25) is 5.91 Å². The van der Waals surface area contributed by atoms with E-state index in [1.165, 1.54) is 0 Å². The molecule has 0 aliphatic carbocycles. The van der Waals surface area contributed by atoms with Crippen molar-refractivity contribution in [2.24, 2.45) is 0 Å². The van der Waals surface area contributed by atoms with Gasteiger partial charge in [0.1, 0.15) is 5.82 Å². The standard InChI is InChI=1S/C15H26N4O2/c1-4-11(2)19-14(5-8-16-19)17-15(21)12(3)18-9-6-13(20)7-10-18/h5,8,11-13,20H,4,6-7,9-10H2,1-3H3,(H,17,21)/t11-,12+/m0/s1. The molecule has 0 radical (unpaired) electrons. The van der Waals surface area contributed by atoms with Crippen molar-refractivity contribution in [1.29, 1.82) is 0 Å². The van der Waals surface area contributed by atoms with Crippen LogP contribution in [0, 0.1) is 0 Å². The molecule has 1 amide bonds. The van der Waals surface area contributed by atoms with Crippen molar-refractivity contribution in [2.45, 2.75) is 58.2 Å². The maximum absolute atomic E-state index is 12.4. The zero-order chi connectivity index (χ0) is 15.4. The highest BCUT2D eigenvalue weighted by atomic mass is 16.3. The van der Waals surface area contributed by atoms with Gasteiger partial charge < -0.3 is 10.4 Å². The van der Waals surface area contributed by atoms with Gasteiger partial charge >= 0.3 is 0 Å². The molecule has 6 nitrogen and oxygen atoms in total. The van der Waals surface area contributed by atoms with Gasteiger partial charge in [0, 0.05) is 19.2 Å². The zero-order valence-electron chi connectivity index (χ0n) is 13.1. The molecule has 0 spiro atoms. The molecular weight excluding hydrogens is 268 g/mol. The lowest BCUT2D eigenvalue weighted by Gasteiger charge is -2.33. The predicted molar refractivity (Wildman–Crippen MR) is 82.1 cm³/mol. The number of aromatic nitrogens is 2. The first kappa shape index (κ1) is 16.0. The second-order valence-corrected chi connectivity index (χ2v) is 5.85. The Labute approximate surface area is 126 Å². The molecule has 0 aromatic carbocycles. The number of piperidine rings is 1. The maximum Gasteiger partial charge on any atom is 0.242 e. The summed E-state index contributed by atoms with van der Waals surface area (Å²) in [6.45, 7) is 7.62. The van der Waals surface area contributed by atoms with Gasteiger partial charge in [0.25, 0.3) is 0 Å². The molecule has 2 heterocycles. The Morgan fingerprint density at radius 1 is 1.48 bits per heavy atom. The molecule has 118 valence electrons. The highest BCUT2D eigenvalue weighted by Gasteiger charge is 2.26. The van der Waals surface area contributed by atoms with Crippen molar-refractivity contribution in [1.82, 2.24) is 14.7 Å². The van der Waals surface area contributed by atoms with Crippen LogP contribution < -0.4 is 5.32 Å². The summed E-state index contributed by atoms with van der Waals surface area (Å²) in [4.78, 5) is 14.5. The Bertz CT molecular complexity index is 466. The number of carbonyl (C=O) groups excluding carboxylic acids is 1. The first-order chi connectivity index (χ1) is 10.0. The third-order valence-electron chi connectivity index (χ3n) is 4.36. The third kappa shape index (κ3) is 3.83. The summed E-state index contributed by atoms with van der Waals surface area (Å²) >= 11 is 0. The minimum Gasteiger partial charge on any atom is -0.393 e. The predicted octanol–water partition coefficient (Wildman–Crippen LogP) is 1.64. The first-order valence-electron chi connectivity index (χ1n) is 7.79. The molecule has 1 aliphatic rings. The van der Waals surface area contributed by atoms with Crippen LogP contribution in [0.2, 0.25) is 0 Å². The van der Waals surface area contributed by atoms with Crippen molar-refractivity contribution < 1.29 is 9.90 Å². The SMILES string of the molecule is CC[C@H](C)n1nccc1NC(=O)[C@@H](C)N1CCC(O)CC1. The second-order valence-electron chi connectivity index (χ2n) is 5.85. The first-order valence-corrected chi connectivity index (χ1v) is 7.79. The summed E-state index contributed by atoms with van der Waals surface area (Å²) in [7, 11) is 0. The number of rotatable bonds is 5. The van der Waals surface area contributed by atoms with Crippen molar-refractivity contribution in [3.63, 3.8) is 0 Å². The van der Waals surface area contributed by atoms with Crippen LogP contribution >= 0.6 is 0 Å². The minimum absolute atomic E-state index is 0.0172. The van der Waals surface area contributed by atoms with E-state index in [0.29, 0.717) is 0 Å². The Balaban J connectivity index is 1.96. The molecule has 0 unspecified atom stereocenters. The Morgan fingerprint density at radius 3 is 2.76 bits per heavy atom. The zero-order valence-corrected chi connectivity index (χ0v) is 13.1. The summed E-state index contributed by atoms with van der Waals surface area (Å²) in [5.41, 5.74) is 0.